The van der Waals surface area contributed by atoms with Crippen molar-refractivity contribution < 1.29 is 45.9 Å². The molecule has 0 saturated carbocycles. The van der Waals surface area contributed by atoms with Gasteiger partial charge in [-0.3, -0.25) is 9.97 Å². The van der Waals surface area contributed by atoms with E-state index in [4.69, 9.17) is 18.6 Å². The van der Waals surface area contributed by atoms with Crippen LogP contribution in [0.2, 0.25) is 0 Å². The molecule has 2 aromatic heterocycles. The van der Waals surface area contributed by atoms with Crippen molar-refractivity contribution in [1.82, 2.24) is 9.97 Å². The average Bonchev–Trinajstić information content (AvgIpc) is 2.37. The summed E-state index contributed by atoms with van der Waals surface area (Å²) in [4.78, 5) is 8.69. The fourth-order valence-electron chi connectivity index (χ4n) is 1.68. The number of benzene rings is 1. The predicted molar refractivity (Wildman–Crippen MR) is 57.0 cm³/mol. The SMILES string of the molecule is [Fe+2].[O-][Cl+3]([O-])([O-])[O-].c1cnc2c(c1)ccc1cccnc12. The Labute approximate surface area is 126 Å². The molecule has 0 amide bonds. The van der Waals surface area contributed by atoms with E-state index in [1.54, 1.807) is 12.4 Å². The van der Waals surface area contributed by atoms with E-state index < -0.39 is 10.2 Å². The minimum Gasteiger partial charge on any atom is -0.254 e. The van der Waals surface area contributed by atoms with Gasteiger partial charge in [-0.2, -0.15) is 0 Å². The van der Waals surface area contributed by atoms with Crippen LogP contribution in [0.3, 0.4) is 0 Å². The van der Waals surface area contributed by atoms with Crippen molar-refractivity contribution in [3.8, 4) is 0 Å². The van der Waals surface area contributed by atoms with E-state index in [9.17, 15) is 0 Å². The predicted octanol–water partition coefficient (Wildman–Crippen LogP) is -1.98. The van der Waals surface area contributed by atoms with Crippen LogP contribution in [0.5, 0.6) is 0 Å². The fourth-order valence-corrected chi connectivity index (χ4v) is 1.68. The van der Waals surface area contributed by atoms with Gasteiger partial charge in [0, 0.05) is 23.2 Å². The third kappa shape index (κ3) is 4.66. The van der Waals surface area contributed by atoms with Crippen molar-refractivity contribution in [2.24, 2.45) is 0 Å². The zero-order valence-corrected chi connectivity index (χ0v) is 11.7. The van der Waals surface area contributed by atoms with E-state index in [-0.39, 0.29) is 17.1 Å². The molecule has 0 aliphatic carbocycles. The van der Waals surface area contributed by atoms with E-state index in [0.717, 1.165) is 21.8 Å². The third-order valence-electron chi connectivity index (χ3n) is 2.34. The molecule has 0 radical (unpaired) electrons. The molecule has 104 valence electrons. The molecule has 0 saturated heterocycles. The quantitative estimate of drug-likeness (QED) is 0.347. The molecule has 2 heterocycles. The molecule has 0 unspecified atom stereocenters. The summed E-state index contributed by atoms with van der Waals surface area (Å²) in [6, 6.07) is 12.1. The minimum atomic E-state index is -4.94. The van der Waals surface area contributed by atoms with Crippen LogP contribution in [-0.4, -0.2) is 9.97 Å². The van der Waals surface area contributed by atoms with Gasteiger partial charge in [-0.05, 0) is 12.1 Å². The summed E-state index contributed by atoms with van der Waals surface area (Å²) in [5.41, 5.74) is 1.95. The van der Waals surface area contributed by atoms with Gasteiger partial charge in [0.05, 0.1) is 11.0 Å². The van der Waals surface area contributed by atoms with Gasteiger partial charge in [-0.1, -0.05) is 24.3 Å². The van der Waals surface area contributed by atoms with Crippen LogP contribution in [0.1, 0.15) is 0 Å². The van der Waals surface area contributed by atoms with Gasteiger partial charge in [-0.25, -0.2) is 18.6 Å². The first-order valence-corrected chi connectivity index (χ1v) is 6.39. The van der Waals surface area contributed by atoms with Gasteiger partial charge >= 0.3 is 17.1 Å². The van der Waals surface area contributed by atoms with Gasteiger partial charge in [0.1, 0.15) is 0 Å². The second kappa shape index (κ2) is 6.92. The zero-order valence-electron chi connectivity index (χ0n) is 9.88. The summed E-state index contributed by atoms with van der Waals surface area (Å²) in [5.74, 6) is 0. The maximum atomic E-state index is 8.49. The van der Waals surface area contributed by atoms with Gasteiger partial charge in [-0.15, -0.1) is 10.2 Å². The fraction of sp³-hybridized carbons (Fsp3) is 0. The maximum Gasteiger partial charge on any atom is 2.00 e. The molecule has 6 nitrogen and oxygen atoms in total. The molecule has 0 atom stereocenters. The first kappa shape index (κ1) is 16.7. The smallest absolute Gasteiger partial charge is 0.254 e. The van der Waals surface area contributed by atoms with E-state index >= 15 is 0 Å². The van der Waals surface area contributed by atoms with E-state index in [1.165, 1.54) is 0 Å². The van der Waals surface area contributed by atoms with Crippen LogP contribution in [0.4, 0.5) is 0 Å². The van der Waals surface area contributed by atoms with Gasteiger partial charge in [0.25, 0.3) is 0 Å². The Bertz CT molecular complexity index is 645. The number of nitrogens with zero attached hydrogens (tertiary/aromatic N) is 2. The standard InChI is InChI=1S/C12H8N2.ClHO4.Fe/c1-3-9-5-6-10-4-2-8-14-12(10)11(9)13-7-1;2-1(3,4)5;/h1-8H;(H,2,3,4,5);/q;;+2/p-1. The van der Waals surface area contributed by atoms with Crippen molar-refractivity contribution in [2.75, 3.05) is 0 Å². The first-order valence-electron chi connectivity index (χ1n) is 5.15. The largest absolute Gasteiger partial charge is 2.00 e. The molecular formula is C12H8ClFeN2O4+. The Hall–Kier alpha value is -1.31. The summed E-state index contributed by atoms with van der Waals surface area (Å²) in [6.07, 6.45) is 3.60. The van der Waals surface area contributed by atoms with Crippen LogP contribution in [-0.2, 0) is 17.1 Å². The number of hydrogen-bond acceptors (Lipinski definition) is 6. The molecule has 0 fully saturated rings. The van der Waals surface area contributed by atoms with Crippen LogP contribution in [0.25, 0.3) is 21.8 Å². The minimum absolute atomic E-state index is 0. The zero-order chi connectivity index (χ0) is 13.9. The van der Waals surface area contributed by atoms with Crippen molar-refractivity contribution in [1.29, 1.82) is 0 Å². The Morgan fingerprint density at radius 3 is 1.40 bits per heavy atom. The van der Waals surface area contributed by atoms with Crippen molar-refractivity contribution >= 4 is 21.8 Å². The number of hydrogen-bond donors (Lipinski definition) is 0. The van der Waals surface area contributed by atoms with Crippen LogP contribution < -0.4 is 18.6 Å². The number of pyridine rings is 2. The molecule has 20 heavy (non-hydrogen) atoms. The maximum absolute atomic E-state index is 8.49. The number of fused-ring (bicyclic) bond motifs is 3. The monoisotopic (exact) mass is 335 g/mol. The molecule has 8 heteroatoms. The van der Waals surface area contributed by atoms with Crippen LogP contribution in [0, 0.1) is 10.2 Å². The second-order valence-electron chi connectivity index (χ2n) is 3.59. The van der Waals surface area contributed by atoms with E-state index in [0.29, 0.717) is 0 Å². The number of halogens is 1. The summed E-state index contributed by atoms with van der Waals surface area (Å²) in [6.45, 7) is 0. The summed E-state index contributed by atoms with van der Waals surface area (Å²) < 4.78 is 34.0. The van der Waals surface area contributed by atoms with Crippen molar-refractivity contribution in [3.63, 3.8) is 0 Å². The normalized spacial score (nSPS) is 10.6. The molecule has 0 aliphatic rings. The molecule has 0 N–H and O–H groups in total. The summed E-state index contributed by atoms with van der Waals surface area (Å²) in [5, 5.41) is 2.28. The molecule has 0 spiro atoms. The Balaban J connectivity index is 0.000000293. The van der Waals surface area contributed by atoms with Crippen LogP contribution in [0.15, 0.2) is 48.8 Å². The molecule has 0 aliphatic heterocycles. The Kier molecular flexibility index (Phi) is 5.79. The Morgan fingerprint density at radius 1 is 0.700 bits per heavy atom. The average molecular weight is 336 g/mol. The summed E-state index contributed by atoms with van der Waals surface area (Å²) >= 11 is 0. The number of aromatic nitrogens is 2. The van der Waals surface area contributed by atoms with E-state index in [2.05, 4.69) is 34.2 Å². The topological polar surface area (TPSA) is 118 Å². The number of rotatable bonds is 0. The first-order chi connectivity index (χ1) is 8.95. The third-order valence-corrected chi connectivity index (χ3v) is 2.34. The second-order valence-corrected chi connectivity index (χ2v) is 4.35. The molecular weight excluding hydrogens is 327 g/mol. The molecule has 3 rings (SSSR count). The molecule has 0 bridgehead atoms. The summed E-state index contributed by atoms with van der Waals surface area (Å²) in [7, 11) is -4.94. The van der Waals surface area contributed by atoms with Gasteiger partial charge < -0.3 is 0 Å². The van der Waals surface area contributed by atoms with Crippen LogP contribution >= 0.6 is 0 Å². The van der Waals surface area contributed by atoms with Gasteiger partial charge in [0.15, 0.2) is 0 Å². The molecule has 1 aromatic carbocycles. The Morgan fingerprint density at radius 2 is 1.05 bits per heavy atom. The van der Waals surface area contributed by atoms with Crippen molar-refractivity contribution in [2.45, 2.75) is 0 Å². The molecule has 3 aromatic rings. The van der Waals surface area contributed by atoms with Crippen molar-refractivity contribution in [3.05, 3.63) is 48.8 Å². The van der Waals surface area contributed by atoms with Gasteiger partial charge in [0.2, 0.25) is 0 Å². The van der Waals surface area contributed by atoms with E-state index in [1.807, 2.05) is 12.1 Å².